The summed E-state index contributed by atoms with van der Waals surface area (Å²) in [6.45, 7) is 6.81. The second kappa shape index (κ2) is 13.5. The molecule has 0 saturated heterocycles. The van der Waals surface area contributed by atoms with Crippen molar-refractivity contribution in [1.29, 1.82) is 0 Å². The summed E-state index contributed by atoms with van der Waals surface area (Å²) in [6, 6.07) is 0. The van der Waals surface area contributed by atoms with Crippen LogP contribution in [-0.2, 0) is 4.79 Å². The Morgan fingerprint density at radius 1 is 0.800 bits per heavy atom. The number of carbonyl (C=O) groups is 1. The number of hydrogen-bond donors (Lipinski definition) is 1. The minimum Gasteiger partial charge on any atom is -0.481 e. The third-order valence-electron chi connectivity index (χ3n) is 4.30. The predicted molar refractivity (Wildman–Crippen MR) is 87.0 cm³/mol. The average Bonchev–Trinajstić information content (AvgIpc) is 2.40. The van der Waals surface area contributed by atoms with E-state index in [1.54, 1.807) is 0 Å². The van der Waals surface area contributed by atoms with E-state index < -0.39 is 5.97 Å². The van der Waals surface area contributed by atoms with Crippen molar-refractivity contribution < 1.29 is 9.90 Å². The van der Waals surface area contributed by atoms with Crippen LogP contribution in [0.4, 0.5) is 0 Å². The summed E-state index contributed by atoms with van der Waals surface area (Å²) in [6.07, 6.45) is 14.6. The molecule has 120 valence electrons. The number of carboxylic acids is 1. The van der Waals surface area contributed by atoms with Gasteiger partial charge < -0.3 is 5.11 Å². The van der Waals surface area contributed by atoms with Gasteiger partial charge in [-0.05, 0) is 18.3 Å². The van der Waals surface area contributed by atoms with Crippen LogP contribution >= 0.6 is 0 Å². The van der Waals surface area contributed by atoms with E-state index >= 15 is 0 Å². The molecule has 2 heteroatoms. The Kier molecular flexibility index (Phi) is 13.1. The first kappa shape index (κ1) is 19.5. The van der Waals surface area contributed by atoms with E-state index in [1.165, 1.54) is 64.2 Å². The first-order chi connectivity index (χ1) is 9.56. The molecule has 0 aromatic heterocycles. The van der Waals surface area contributed by atoms with Crippen LogP contribution in [0.1, 0.15) is 97.8 Å². The lowest BCUT2D eigenvalue weighted by Crippen LogP contribution is -2.02. The molecule has 0 radical (unpaired) electrons. The highest BCUT2D eigenvalue weighted by Crippen LogP contribution is 2.20. The molecule has 0 aliphatic rings. The number of aliphatic carboxylic acids is 1. The first-order valence-corrected chi connectivity index (χ1v) is 8.78. The summed E-state index contributed by atoms with van der Waals surface area (Å²) in [5.74, 6) is 0.744. The minimum atomic E-state index is -0.659. The fraction of sp³-hybridized carbons (Fsp3) is 0.944. The third-order valence-corrected chi connectivity index (χ3v) is 4.30. The van der Waals surface area contributed by atoms with Gasteiger partial charge in [-0.3, -0.25) is 4.79 Å². The SMILES string of the molecule is CCCCCCCCC(C)CCCC(C)CCC(=O)O. The molecular formula is C18H36O2. The van der Waals surface area contributed by atoms with Gasteiger partial charge in [-0.25, -0.2) is 0 Å². The largest absolute Gasteiger partial charge is 0.481 e. The molecule has 0 spiro atoms. The third kappa shape index (κ3) is 13.9. The number of unbranched alkanes of at least 4 members (excludes halogenated alkanes) is 5. The minimum absolute atomic E-state index is 0.328. The highest BCUT2D eigenvalue weighted by atomic mass is 16.4. The lowest BCUT2D eigenvalue weighted by atomic mass is 9.93. The van der Waals surface area contributed by atoms with Crippen molar-refractivity contribution in [3.05, 3.63) is 0 Å². The highest BCUT2D eigenvalue weighted by molar-refractivity contribution is 5.66. The fourth-order valence-corrected chi connectivity index (χ4v) is 2.75. The van der Waals surface area contributed by atoms with Gasteiger partial charge in [-0.1, -0.05) is 85.0 Å². The standard InChI is InChI=1S/C18H36O2/c1-4-5-6-7-8-9-11-16(2)12-10-13-17(3)14-15-18(19)20/h16-17H,4-15H2,1-3H3,(H,19,20). The Balaban J connectivity index is 3.35. The van der Waals surface area contributed by atoms with Gasteiger partial charge in [0.2, 0.25) is 0 Å². The molecule has 0 aliphatic carbocycles. The lowest BCUT2D eigenvalue weighted by Gasteiger charge is -2.13. The van der Waals surface area contributed by atoms with E-state index in [0.29, 0.717) is 12.3 Å². The van der Waals surface area contributed by atoms with Gasteiger partial charge in [0, 0.05) is 6.42 Å². The first-order valence-electron chi connectivity index (χ1n) is 8.78. The molecule has 0 heterocycles. The van der Waals surface area contributed by atoms with E-state index in [0.717, 1.165) is 12.3 Å². The molecule has 0 amide bonds. The monoisotopic (exact) mass is 284 g/mol. The van der Waals surface area contributed by atoms with Gasteiger partial charge in [0.05, 0.1) is 0 Å². The Hall–Kier alpha value is -0.530. The van der Waals surface area contributed by atoms with Crippen molar-refractivity contribution in [1.82, 2.24) is 0 Å². The zero-order valence-electron chi connectivity index (χ0n) is 14.0. The molecule has 0 aromatic carbocycles. The Bertz CT molecular complexity index is 225. The molecular weight excluding hydrogens is 248 g/mol. The molecule has 2 unspecified atom stereocenters. The molecule has 2 nitrogen and oxygen atoms in total. The smallest absolute Gasteiger partial charge is 0.303 e. The maximum atomic E-state index is 10.5. The van der Waals surface area contributed by atoms with Gasteiger partial charge in [0.1, 0.15) is 0 Å². The predicted octanol–water partition coefficient (Wildman–Crippen LogP) is 6.04. The molecule has 0 aliphatic heterocycles. The van der Waals surface area contributed by atoms with Crippen molar-refractivity contribution >= 4 is 5.97 Å². The van der Waals surface area contributed by atoms with Crippen LogP contribution in [0.2, 0.25) is 0 Å². The number of rotatable bonds is 14. The van der Waals surface area contributed by atoms with Crippen LogP contribution in [0.3, 0.4) is 0 Å². The van der Waals surface area contributed by atoms with Crippen molar-refractivity contribution in [2.45, 2.75) is 97.8 Å². The maximum Gasteiger partial charge on any atom is 0.303 e. The van der Waals surface area contributed by atoms with E-state index in [-0.39, 0.29) is 0 Å². The molecule has 20 heavy (non-hydrogen) atoms. The molecule has 0 bridgehead atoms. The average molecular weight is 284 g/mol. The van der Waals surface area contributed by atoms with Gasteiger partial charge in [0.15, 0.2) is 0 Å². The summed E-state index contributed by atoms with van der Waals surface area (Å²) in [5.41, 5.74) is 0. The summed E-state index contributed by atoms with van der Waals surface area (Å²) in [7, 11) is 0. The highest BCUT2D eigenvalue weighted by Gasteiger charge is 2.07. The molecule has 1 N–H and O–H groups in total. The molecule has 0 saturated carbocycles. The topological polar surface area (TPSA) is 37.3 Å². The van der Waals surface area contributed by atoms with Crippen molar-refractivity contribution in [2.75, 3.05) is 0 Å². The summed E-state index contributed by atoms with van der Waals surface area (Å²) in [5, 5.41) is 8.65. The van der Waals surface area contributed by atoms with Crippen LogP contribution < -0.4 is 0 Å². The van der Waals surface area contributed by atoms with Gasteiger partial charge in [-0.2, -0.15) is 0 Å². The van der Waals surface area contributed by atoms with Gasteiger partial charge >= 0.3 is 5.97 Å². The second-order valence-electron chi connectivity index (χ2n) is 6.63. The quantitative estimate of drug-likeness (QED) is 0.394. The molecule has 2 atom stereocenters. The molecule has 0 rings (SSSR count). The lowest BCUT2D eigenvalue weighted by molar-refractivity contribution is -0.137. The van der Waals surface area contributed by atoms with Gasteiger partial charge in [0.25, 0.3) is 0 Å². The maximum absolute atomic E-state index is 10.5. The van der Waals surface area contributed by atoms with Crippen molar-refractivity contribution in [2.24, 2.45) is 11.8 Å². The summed E-state index contributed by atoms with van der Waals surface area (Å²) >= 11 is 0. The second-order valence-corrected chi connectivity index (χ2v) is 6.63. The van der Waals surface area contributed by atoms with E-state index in [1.807, 2.05) is 0 Å². The summed E-state index contributed by atoms with van der Waals surface area (Å²) < 4.78 is 0. The van der Waals surface area contributed by atoms with E-state index in [9.17, 15) is 4.79 Å². The number of hydrogen-bond acceptors (Lipinski definition) is 1. The Labute approximate surface area is 126 Å². The normalized spacial score (nSPS) is 14.2. The van der Waals surface area contributed by atoms with E-state index in [2.05, 4.69) is 20.8 Å². The van der Waals surface area contributed by atoms with Crippen LogP contribution in [0.25, 0.3) is 0 Å². The zero-order chi connectivity index (χ0) is 15.2. The van der Waals surface area contributed by atoms with Crippen molar-refractivity contribution in [3.8, 4) is 0 Å². The zero-order valence-corrected chi connectivity index (χ0v) is 14.0. The van der Waals surface area contributed by atoms with Crippen LogP contribution in [0.5, 0.6) is 0 Å². The number of carboxylic acid groups (broad SMARTS) is 1. The van der Waals surface area contributed by atoms with Crippen LogP contribution in [0, 0.1) is 11.8 Å². The molecule has 0 aromatic rings. The van der Waals surface area contributed by atoms with E-state index in [4.69, 9.17) is 5.11 Å². The Morgan fingerprint density at radius 3 is 1.90 bits per heavy atom. The fourth-order valence-electron chi connectivity index (χ4n) is 2.75. The van der Waals surface area contributed by atoms with Crippen LogP contribution in [-0.4, -0.2) is 11.1 Å². The van der Waals surface area contributed by atoms with Gasteiger partial charge in [-0.15, -0.1) is 0 Å². The summed E-state index contributed by atoms with van der Waals surface area (Å²) in [4.78, 5) is 10.5. The Morgan fingerprint density at radius 2 is 1.30 bits per heavy atom. The van der Waals surface area contributed by atoms with Crippen molar-refractivity contribution in [3.63, 3.8) is 0 Å². The molecule has 0 fully saturated rings. The van der Waals surface area contributed by atoms with Crippen LogP contribution in [0.15, 0.2) is 0 Å².